The molecule has 0 fully saturated rings. The lowest BCUT2D eigenvalue weighted by molar-refractivity contribution is -0.136. The maximum absolute atomic E-state index is 12.5. The lowest BCUT2D eigenvalue weighted by Crippen LogP contribution is -2.37. The minimum atomic E-state index is -3.90. The number of nitrogens with one attached hydrogen (secondary N) is 1. The van der Waals surface area contributed by atoms with Crippen LogP contribution in [-0.2, 0) is 26.0 Å². The Hall–Kier alpha value is -4.33. The second kappa shape index (κ2) is 11.5. The van der Waals surface area contributed by atoms with Crippen LogP contribution in [0.4, 0.5) is 16.5 Å². The Balaban J connectivity index is 0.000000171. The number of hydrogen-bond acceptors (Lipinski definition) is 9. The fourth-order valence-corrected chi connectivity index (χ4v) is 7.70. The van der Waals surface area contributed by atoms with Crippen LogP contribution < -0.4 is 10.2 Å². The number of hydrogen-bond donors (Lipinski definition) is 3. The lowest BCUT2D eigenvalue weighted by atomic mass is 10.1. The van der Waals surface area contributed by atoms with E-state index in [1.165, 1.54) is 35.4 Å². The van der Waals surface area contributed by atoms with E-state index in [1.807, 2.05) is 44.3 Å². The molecule has 4 aromatic rings. The molecule has 0 atom stereocenters. The second-order valence-electron chi connectivity index (χ2n) is 9.40. The summed E-state index contributed by atoms with van der Waals surface area (Å²) in [7, 11) is -0.656. The number of aliphatic hydroxyl groups is 1. The molecule has 0 saturated heterocycles. The predicted octanol–water partition coefficient (Wildman–Crippen LogP) is 5.50. The van der Waals surface area contributed by atoms with E-state index >= 15 is 0 Å². The summed E-state index contributed by atoms with van der Waals surface area (Å²) in [5, 5.41) is 22.1. The number of carboxylic acid groups (broad SMARTS) is 1. The molecule has 0 saturated carbocycles. The summed E-state index contributed by atoms with van der Waals surface area (Å²) in [6.45, 7) is 1.83. The predicted molar refractivity (Wildman–Crippen MR) is 163 cm³/mol. The van der Waals surface area contributed by atoms with Crippen LogP contribution in [0.3, 0.4) is 0 Å². The standard InChI is InChI=1S/C15H13NO2S.C14H13N3O4S2/c1-16-11-4-2-3-5-13(11)19-14-7-6-10(8-12(14)16)9-15(17)18;1-8-7-15-14(22-8)16-13(19)11-12(18)9-5-3-4-6-10(9)23(20,21)17(11)2/h2-8H,9H2,1H3,(H,17,18);3-7,18H,1-2H3,(H,15,16,19). The zero-order chi connectivity index (χ0) is 30.2. The third kappa shape index (κ3) is 5.58. The topological polar surface area (TPSA) is 140 Å². The monoisotopic (exact) mass is 622 g/mol. The van der Waals surface area contributed by atoms with Crippen molar-refractivity contribution < 1.29 is 28.2 Å². The molecule has 3 N–H and O–H groups in total. The van der Waals surface area contributed by atoms with Gasteiger partial charge in [-0.3, -0.25) is 19.2 Å². The number of aryl methyl sites for hydroxylation is 1. The van der Waals surface area contributed by atoms with Gasteiger partial charge in [0, 0.05) is 40.5 Å². The zero-order valence-electron chi connectivity index (χ0n) is 22.7. The Bertz CT molecular complexity index is 1850. The van der Waals surface area contributed by atoms with Crippen molar-refractivity contribution in [2.24, 2.45) is 0 Å². The number of aromatic nitrogens is 1. The average Bonchev–Trinajstić information content (AvgIpc) is 3.37. The molecule has 0 unspecified atom stereocenters. The van der Waals surface area contributed by atoms with Gasteiger partial charge in [0.05, 0.1) is 22.7 Å². The molecule has 1 aromatic heterocycles. The number of carbonyl (C=O) groups excluding carboxylic acids is 1. The summed E-state index contributed by atoms with van der Waals surface area (Å²) < 4.78 is 25.8. The van der Waals surface area contributed by atoms with Crippen LogP contribution in [0.5, 0.6) is 0 Å². The van der Waals surface area contributed by atoms with E-state index in [4.69, 9.17) is 5.11 Å². The number of likely N-dealkylation sites (N-methyl/N-ethyl adjacent to an activating group) is 1. The summed E-state index contributed by atoms with van der Waals surface area (Å²) in [5.41, 5.74) is 2.83. The highest BCUT2D eigenvalue weighted by Crippen LogP contribution is 2.47. The van der Waals surface area contributed by atoms with E-state index in [-0.39, 0.29) is 28.3 Å². The first-order valence-corrected chi connectivity index (χ1v) is 15.7. The summed E-state index contributed by atoms with van der Waals surface area (Å²) in [6.07, 6.45) is 1.65. The first-order chi connectivity index (χ1) is 20.0. The van der Waals surface area contributed by atoms with Gasteiger partial charge in [-0.05, 0) is 48.9 Å². The molecule has 3 aromatic carbocycles. The van der Waals surface area contributed by atoms with Crippen molar-refractivity contribution in [3.8, 4) is 0 Å². The fourth-order valence-electron chi connectivity index (χ4n) is 4.52. The molecular formula is C29H26N4O6S3. The number of anilines is 3. The number of nitrogens with zero attached hydrogens (tertiary/aromatic N) is 3. The maximum Gasteiger partial charge on any atom is 0.307 e. The van der Waals surface area contributed by atoms with E-state index in [9.17, 15) is 23.1 Å². The Labute approximate surface area is 251 Å². The molecule has 1 amide bonds. The maximum atomic E-state index is 12.5. The quantitative estimate of drug-likeness (QED) is 0.269. The van der Waals surface area contributed by atoms with Crippen LogP contribution in [0.2, 0.25) is 0 Å². The molecular weight excluding hydrogens is 597 g/mol. The van der Waals surface area contributed by atoms with Gasteiger partial charge < -0.3 is 15.1 Å². The van der Waals surface area contributed by atoms with Gasteiger partial charge in [-0.15, -0.1) is 11.3 Å². The molecule has 0 spiro atoms. The number of carbonyl (C=O) groups is 2. The second-order valence-corrected chi connectivity index (χ2v) is 13.7. The minimum Gasteiger partial charge on any atom is -0.505 e. The number of amides is 1. The first kappa shape index (κ1) is 29.2. The molecule has 0 aliphatic carbocycles. The molecule has 2 aliphatic heterocycles. The summed E-state index contributed by atoms with van der Waals surface area (Å²) >= 11 is 2.98. The van der Waals surface area contributed by atoms with Gasteiger partial charge in [0.1, 0.15) is 0 Å². The SMILES string of the molecule is CN1c2ccccc2Sc2ccc(CC(=O)O)cc21.Cc1cnc(NC(=O)C2=C(O)c3ccccc3S(=O)(=O)N2C)s1. The van der Waals surface area contributed by atoms with Crippen molar-refractivity contribution in [2.75, 3.05) is 24.3 Å². The Kier molecular flexibility index (Phi) is 7.99. The number of sulfonamides is 1. The Morgan fingerprint density at radius 1 is 0.976 bits per heavy atom. The van der Waals surface area contributed by atoms with Crippen molar-refractivity contribution in [1.29, 1.82) is 0 Å². The smallest absolute Gasteiger partial charge is 0.307 e. The van der Waals surface area contributed by atoms with Crippen LogP contribution in [0.15, 0.2) is 93.3 Å². The molecule has 0 bridgehead atoms. The van der Waals surface area contributed by atoms with E-state index in [1.54, 1.807) is 30.1 Å². The van der Waals surface area contributed by atoms with Crippen molar-refractivity contribution in [2.45, 2.75) is 28.0 Å². The molecule has 216 valence electrons. The fraction of sp³-hybridized carbons (Fsp3) is 0.138. The number of aliphatic hydroxyl groups excluding tert-OH is 1. The zero-order valence-corrected chi connectivity index (χ0v) is 25.2. The molecule has 0 radical (unpaired) electrons. The molecule has 2 aliphatic rings. The van der Waals surface area contributed by atoms with Crippen LogP contribution in [-0.4, -0.2) is 53.9 Å². The van der Waals surface area contributed by atoms with Gasteiger partial charge in [0.25, 0.3) is 15.9 Å². The molecule has 6 rings (SSSR count). The largest absolute Gasteiger partial charge is 0.505 e. The average molecular weight is 623 g/mol. The van der Waals surface area contributed by atoms with Crippen LogP contribution in [0, 0.1) is 6.92 Å². The van der Waals surface area contributed by atoms with E-state index in [0.29, 0.717) is 5.13 Å². The number of benzene rings is 3. The van der Waals surface area contributed by atoms with Gasteiger partial charge in [0.15, 0.2) is 16.6 Å². The van der Waals surface area contributed by atoms with E-state index < -0.39 is 21.9 Å². The van der Waals surface area contributed by atoms with Crippen LogP contribution in [0.1, 0.15) is 16.0 Å². The third-order valence-corrected chi connectivity index (χ3v) is 10.3. The van der Waals surface area contributed by atoms with Gasteiger partial charge >= 0.3 is 5.97 Å². The minimum absolute atomic E-state index is 0.0401. The van der Waals surface area contributed by atoms with Gasteiger partial charge in [-0.25, -0.2) is 13.4 Å². The number of fused-ring (bicyclic) bond motifs is 3. The van der Waals surface area contributed by atoms with Crippen LogP contribution in [0.25, 0.3) is 5.76 Å². The molecule has 10 nitrogen and oxygen atoms in total. The highest BCUT2D eigenvalue weighted by Gasteiger charge is 2.37. The lowest BCUT2D eigenvalue weighted by Gasteiger charge is -2.29. The van der Waals surface area contributed by atoms with Gasteiger partial charge in [-0.2, -0.15) is 0 Å². The van der Waals surface area contributed by atoms with Crippen molar-refractivity contribution in [3.05, 3.63) is 94.6 Å². The first-order valence-electron chi connectivity index (χ1n) is 12.6. The van der Waals surface area contributed by atoms with E-state index in [0.717, 1.165) is 31.0 Å². The van der Waals surface area contributed by atoms with Crippen LogP contribution >= 0.6 is 23.1 Å². The normalized spacial score (nSPS) is 14.6. The highest BCUT2D eigenvalue weighted by atomic mass is 32.2. The Morgan fingerprint density at radius 2 is 1.67 bits per heavy atom. The number of rotatable bonds is 4. The summed E-state index contributed by atoms with van der Waals surface area (Å²) in [5.74, 6) is -1.92. The third-order valence-electron chi connectivity index (χ3n) is 6.56. The van der Waals surface area contributed by atoms with Gasteiger partial charge in [0.2, 0.25) is 0 Å². The van der Waals surface area contributed by atoms with E-state index in [2.05, 4.69) is 27.3 Å². The number of thiazole rings is 1. The van der Waals surface area contributed by atoms with Crippen molar-refractivity contribution in [3.63, 3.8) is 0 Å². The Morgan fingerprint density at radius 3 is 2.38 bits per heavy atom. The summed E-state index contributed by atoms with van der Waals surface area (Å²) in [6, 6.07) is 20.1. The number of para-hydroxylation sites is 1. The van der Waals surface area contributed by atoms with Gasteiger partial charge in [-0.1, -0.05) is 42.1 Å². The summed E-state index contributed by atoms with van der Waals surface area (Å²) in [4.78, 5) is 32.6. The number of carboxylic acids is 1. The molecule has 42 heavy (non-hydrogen) atoms. The number of aliphatic carboxylic acids is 1. The molecule has 13 heteroatoms. The van der Waals surface area contributed by atoms with Crippen molar-refractivity contribution >= 4 is 67.3 Å². The highest BCUT2D eigenvalue weighted by molar-refractivity contribution is 7.99. The van der Waals surface area contributed by atoms with Crippen molar-refractivity contribution in [1.82, 2.24) is 9.29 Å². The molecule has 3 heterocycles.